The molecule has 0 spiro atoms. The summed E-state index contributed by atoms with van der Waals surface area (Å²) in [5.41, 5.74) is 7.86. The molecule has 1 aliphatic rings. The van der Waals surface area contributed by atoms with E-state index in [0.717, 1.165) is 37.2 Å². The summed E-state index contributed by atoms with van der Waals surface area (Å²) in [7, 11) is 0. The summed E-state index contributed by atoms with van der Waals surface area (Å²) in [6, 6.07) is 7.87. The SMILES string of the molecule is Cc1ccc(NC(=O)CSCC(=O)N2CCC(C(C)N)CC2)cc1.Cl. The van der Waals surface area contributed by atoms with Crippen LogP contribution in [0.5, 0.6) is 0 Å². The van der Waals surface area contributed by atoms with Crippen LogP contribution in [0.15, 0.2) is 24.3 Å². The lowest BCUT2D eigenvalue weighted by Crippen LogP contribution is -2.43. The van der Waals surface area contributed by atoms with Gasteiger partial charge >= 0.3 is 0 Å². The summed E-state index contributed by atoms with van der Waals surface area (Å²) in [5.74, 6) is 1.20. The Morgan fingerprint density at radius 2 is 1.84 bits per heavy atom. The van der Waals surface area contributed by atoms with Crippen LogP contribution < -0.4 is 11.1 Å². The van der Waals surface area contributed by atoms with Gasteiger partial charge in [-0.3, -0.25) is 9.59 Å². The van der Waals surface area contributed by atoms with Crippen molar-refractivity contribution in [2.75, 3.05) is 29.9 Å². The summed E-state index contributed by atoms with van der Waals surface area (Å²) in [4.78, 5) is 26.0. The number of anilines is 1. The van der Waals surface area contributed by atoms with Crippen molar-refractivity contribution >= 4 is 41.7 Å². The number of nitrogens with one attached hydrogen (secondary N) is 1. The highest BCUT2D eigenvalue weighted by Crippen LogP contribution is 2.20. The Labute approximate surface area is 160 Å². The van der Waals surface area contributed by atoms with Gasteiger partial charge in [0, 0.05) is 24.8 Å². The third kappa shape index (κ3) is 7.26. The molecule has 0 bridgehead atoms. The van der Waals surface area contributed by atoms with E-state index in [0.29, 0.717) is 11.7 Å². The molecule has 1 unspecified atom stereocenters. The molecule has 1 atom stereocenters. The number of carbonyl (C=O) groups excluding carboxylic acids is 2. The van der Waals surface area contributed by atoms with E-state index < -0.39 is 0 Å². The largest absolute Gasteiger partial charge is 0.342 e. The Hall–Kier alpha value is -1.24. The number of likely N-dealkylation sites (tertiary alicyclic amines) is 1. The number of carbonyl (C=O) groups is 2. The highest BCUT2D eigenvalue weighted by Gasteiger charge is 2.24. The number of nitrogens with two attached hydrogens (primary N) is 1. The second-order valence-electron chi connectivity index (χ2n) is 6.48. The Balaban J connectivity index is 0.00000312. The minimum absolute atomic E-state index is 0. The average molecular weight is 386 g/mol. The number of benzene rings is 1. The highest BCUT2D eigenvalue weighted by atomic mass is 35.5. The van der Waals surface area contributed by atoms with Gasteiger partial charge in [-0.2, -0.15) is 0 Å². The molecule has 2 rings (SSSR count). The zero-order valence-corrected chi connectivity index (χ0v) is 16.5. The van der Waals surface area contributed by atoms with E-state index >= 15 is 0 Å². The highest BCUT2D eigenvalue weighted by molar-refractivity contribution is 8.00. The number of hydrogen-bond donors (Lipinski definition) is 2. The maximum atomic E-state index is 12.2. The predicted molar refractivity (Wildman–Crippen MR) is 107 cm³/mol. The Morgan fingerprint density at radius 3 is 2.40 bits per heavy atom. The first-order valence-corrected chi connectivity index (χ1v) is 9.59. The normalized spacial score (nSPS) is 16.0. The molecule has 25 heavy (non-hydrogen) atoms. The van der Waals surface area contributed by atoms with Crippen molar-refractivity contribution in [2.24, 2.45) is 11.7 Å². The van der Waals surface area contributed by atoms with Crippen LogP contribution in [0.2, 0.25) is 0 Å². The number of rotatable bonds is 6. The van der Waals surface area contributed by atoms with Crippen LogP contribution in [0.4, 0.5) is 5.69 Å². The number of halogens is 1. The van der Waals surface area contributed by atoms with Gasteiger partial charge in [0.05, 0.1) is 11.5 Å². The van der Waals surface area contributed by atoms with Crippen LogP contribution in [0.3, 0.4) is 0 Å². The number of piperidine rings is 1. The molecule has 5 nitrogen and oxygen atoms in total. The molecular weight excluding hydrogens is 358 g/mol. The van der Waals surface area contributed by atoms with Gasteiger partial charge in [-0.05, 0) is 44.7 Å². The van der Waals surface area contributed by atoms with Gasteiger partial charge in [-0.25, -0.2) is 0 Å². The standard InChI is InChI=1S/C18H27N3O2S.ClH/c1-13-3-5-16(6-4-13)20-17(22)11-24-12-18(23)21-9-7-15(8-10-21)14(2)19;/h3-6,14-15H,7-12,19H2,1-2H3,(H,20,22);1H. The van der Waals surface area contributed by atoms with Gasteiger partial charge in [0.25, 0.3) is 0 Å². The Bertz CT molecular complexity index is 558. The van der Waals surface area contributed by atoms with Crippen LogP contribution in [0.25, 0.3) is 0 Å². The van der Waals surface area contributed by atoms with Gasteiger partial charge in [0.1, 0.15) is 0 Å². The lowest BCUT2D eigenvalue weighted by Gasteiger charge is -2.33. The fourth-order valence-corrected chi connectivity index (χ4v) is 3.55. The first-order chi connectivity index (χ1) is 11.5. The molecular formula is C18H28ClN3O2S. The molecule has 1 fully saturated rings. The van der Waals surface area contributed by atoms with Crippen LogP contribution >= 0.6 is 24.2 Å². The van der Waals surface area contributed by atoms with Crippen molar-refractivity contribution in [1.82, 2.24) is 4.90 Å². The number of amides is 2. The molecule has 2 amide bonds. The van der Waals surface area contributed by atoms with E-state index in [1.165, 1.54) is 11.8 Å². The van der Waals surface area contributed by atoms with E-state index in [9.17, 15) is 9.59 Å². The molecule has 0 radical (unpaired) electrons. The molecule has 1 saturated heterocycles. The van der Waals surface area contributed by atoms with E-state index in [-0.39, 0.29) is 36.0 Å². The molecule has 1 aliphatic heterocycles. The summed E-state index contributed by atoms with van der Waals surface area (Å²) in [6.07, 6.45) is 1.95. The molecule has 7 heteroatoms. The van der Waals surface area contributed by atoms with Crippen molar-refractivity contribution in [2.45, 2.75) is 32.7 Å². The minimum Gasteiger partial charge on any atom is -0.342 e. The lowest BCUT2D eigenvalue weighted by atomic mass is 9.91. The van der Waals surface area contributed by atoms with Gasteiger partial charge in [0.15, 0.2) is 0 Å². The monoisotopic (exact) mass is 385 g/mol. The van der Waals surface area contributed by atoms with E-state index in [2.05, 4.69) is 5.32 Å². The van der Waals surface area contributed by atoms with Gasteiger partial charge in [-0.15, -0.1) is 24.2 Å². The third-order valence-electron chi connectivity index (χ3n) is 4.43. The summed E-state index contributed by atoms with van der Waals surface area (Å²) < 4.78 is 0. The second kappa shape index (κ2) is 10.7. The van der Waals surface area contributed by atoms with Gasteiger partial charge in [-0.1, -0.05) is 17.7 Å². The lowest BCUT2D eigenvalue weighted by molar-refractivity contribution is -0.129. The molecule has 0 aliphatic carbocycles. The summed E-state index contributed by atoms with van der Waals surface area (Å²) >= 11 is 1.36. The number of nitrogens with zero attached hydrogens (tertiary/aromatic N) is 1. The van der Waals surface area contributed by atoms with E-state index in [4.69, 9.17) is 5.73 Å². The summed E-state index contributed by atoms with van der Waals surface area (Å²) in [6.45, 7) is 5.59. The first-order valence-electron chi connectivity index (χ1n) is 8.43. The topological polar surface area (TPSA) is 75.4 Å². The van der Waals surface area contributed by atoms with E-state index in [1.54, 1.807) is 0 Å². The smallest absolute Gasteiger partial charge is 0.234 e. The molecule has 0 aromatic heterocycles. The zero-order chi connectivity index (χ0) is 17.5. The molecule has 1 heterocycles. The molecule has 3 N–H and O–H groups in total. The maximum Gasteiger partial charge on any atom is 0.234 e. The first kappa shape index (κ1) is 21.8. The van der Waals surface area contributed by atoms with Crippen molar-refractivity contribution in [1.29, 1.82) is 0 Å². The number of hydrogen-bond acceptors (Lipinski definition) is 4. The fraction of sp³-hybridized carbons (Fsp3) is 0.556. The van der Waals surface area contributed by atoms with Crippen molar-refractivity contribution in [3.63, 3.8) is 0 Å². The Morgan fingerprint density at radius 1 is 1.24 bits per heavy atom. The third-order valence-corrected chi connectivity index (χ3v) is 5.35. The Kier molecular flexibility index (Phi) is 9.32. The van der Waals surface area contributed by atoms with Gasteiger partial charge in [0.2, 0.25) is 11.8 Å². The van der Waals surface area contributed by atoms with Crippen LogP contribution in [0, 0.1) is 12.8 Å². The fourth-order valence-electron chi connectivity index (χ4n) is 2.83. The predicted octanol–water partition coefficient (Wildman–Crippen LogP) is 2.67. The molecule has 1 aromatic carbocycles. The maximum absolute atomic E-state index is 12.2. The number of thioether (sulfide) groups is 1. The quantitative estimate of drug-likeness (QED) is 0.789. The van der Waals surface area contributed by atoms with Crippen LogP contribution in [-0.4, -0.2) is 47.4 Å². The minimum atomic E-state index is -0.0766. The molecule has 0 saturated carbocycles. The van der Waals surface area contributed by atoms with Crippen LogP contribution in [-0.2, 0) is 9.59 Å². The average Bonchev–Trinajstić information content (AvgIpc) is 2.57. The van der Waals surface area contributed by atoms with Crippen LogP contribution in [0.1, 0.15) is 25.3 Å². The molecule has 1 aromatic rings. The van der Waals surface area contributed by atoms with Crippen molar-refractivity contribution in [3.8, 4) is 0 Å². The van der Waals surface area contributed by atoms with Crippen molar-refractivity contribution < 1.29 is 9.59 Å². The number of aryl methyl sites for hydroxylation is 1. The zero-order valence-electron chi connectivity index (χ0n) is 14.9. The van der Waals surface area contributed by atoms with E-state index in [1.807, 2.05) is 43.0 Å². The summed E-state index contributed by atoms with van der Waals surface area (Å²) in [5, 5.41) is 2.84. The second-order valence-corrected chi connectivity index (χ2v) is 7.47. The van der Waals surface area contributed by atoms with Crippen molar-refractivity contribution in [3.05, 3.63) is 29.8 Å². The van der Waals surface area contributed by atoms with Gasteiger partial charge < -0.3 is 16.0 Å². The molecule has 140 valence electrons.